The van der Waals surface area contributed by atoms with Gasteiger partial charge >= 0.3 is 0 Å². The lowest BCUT2D eigenvalue weighted by atomic mass is 10.5. The fraction of sp³-hybridized carbons (Fsp3) is 0.167. The van der Waals surface area contributed by atoms with Crippen molar-refractivity contribution in [3.05, 3.63) is 30.6 Å². The number of hydrogen-bond donors (Lipinski definition) is 0. The Morgan fingerprint density at radius 3 is 1.40 bits per heavy atom. The average molecular weight is 198 g/mol. The number of hydrogen-bond acceptors (Lipinski definition) is 1. The molecule has 0 aromatic carbocycles. The molecule has 0 unspecified atom stereocenters. The fourth-order valence-electron chi connectivity index (χ4n) is 0.313. The normalized spacial score (nSPS) is 8.40. The number of halogens is 3. The summed E-state index contributed by atoms with van der Waals surface area (Å²) in [6, 6.07) is 5.72. The Labute approximate surface area is 74.9 Å². The molecular formula is C6H6Cl3N. The van der Waals surface area contributed by atoms with Crippen molar-refractivity contribution in [3.63, 3.8) is 0 Å². The van der Waals surface area contributed by atoms with E-state index in [1.54, 1.807) is 12.4 Å². The highest BCUT2D eigenvalue weighted by Crippen LogP contribution is 2.03. The number of pyridine rings is 1. The third kappa shape index (κ3) is 10.9. The van der Waals surface area contributed by atoms with Gasteiger partial charge in [-0.3, -0.25) is 4.98 Å². The molecule has 1 rings (SSSR count). The quantitative estimate of drug-likeness (QED) is 0.584. The van der Waals surface area contributed by atoms with Crippen molar-refractivity contribution in [2.75, 3.05) is 0 Å². The summed E-state index contributed by atoms with van der Waals surface area (Å²) < 4.78 is -0.750. The molecule has 0 saturated heterocycles. The first-order chi connectivity index (χ1) is 4.73. The molecule has 10 heavy (non-hydrogen) atoms. The van der Waals surface area contributed by atoms with Crippen LogP contribution in [0.2, 0.25) is 0 Å². The van der Waals surface area contributed by atoms with E-state index in [1.807, 2.05) is 18.2 Å². The molecular weight excluding hydrogens is 192 g/mol. The summed E-state index contributed by atoms with van der Waals surface area (Å²) in [7, 11) is 0. The molecule has 1 aromatic rings. The highest BCUT2D eigenvalue weighted by Gasteiger charge is 1.78. The Kier molecular flexibility index (Phi) is 7.15. The maximum Gasteiger partial charge on any atom is 0.180 e. The smallest absolute Gasteiger partial charge is 0.180 e. The van der Waals surface area contributed by atoms with Crippen molar-refractivity contribution in [2.45, 2.75) is 4.30 Å². The SMILES string of the molecule is ClC(Cl)Cl.c1ccncc1. The van der Waals surface area contributed by atoms with Gasteiger partial charge in [-0.15, -0.1) is 0 Å². The summed E-state index contributed by atoms with van der Waals surface area (Å²) in [4.78, 5) is 3.78. The van der Waals surface area contributed by atoms with Crippen LogP contribution in [0.15, 0.2) is 30.6 Å². The molecule has 0 aliphatic heterocycles. The first-order valence-corrected chi connectivity index (χ1v) is 3.81. The van der Waals surface area contributed by atoms with E-state index in [9.17, 15) is 0 Å². The van der Waals surface area contributed by atoms with Crippen molar-refractivity contribution in [1.29, 1.82) is 0 Å². The van der Waals surface area contributed by atoms with Gasteiger partial charge in [0.25, 0.3) is 0 Å². The Morgan fingerprint density at radius 2 is 1.30 bits per heavy atom. The minimum absolute atomic E-state index is 0.750. The van der Waals surface area contributed by atoms with Gasteiger partial charge in [0.15, 0.2) is 4.30 Å². The second kappa shape index (κ2) is 7.13. The summed E-state index contributed by atoms with van der Waals surface area (Å²) in [5, 5.41) is 0. The molecule has 1 nitrogen and oxygen atoms in total. The molecule has 0 spiro atoms. The molecule has 1 heterocycles. The van der Waals surface area contributed by atoms with Gasteiger partial charge in [0, 0.05) is 12.4 Å². The summed E-state index contributed by atoms with van der Waals surface area (Å²) in [6.07, 6.45) is 3.50. The van der Waals surface area contributed by atoms with Crippen molar-refractivity contribution in [2.24, 2.45) is 0 Å². The molecule has 56 valence electrons. The first kappa shape index (κ1) is 10.0. The summed E-state index contributed by atoms with van der Waals surface area (Å²) >= 11 is 14.4. The van der Waals surface area contributed by atoms with E-state index in [-0.39, 0.29) is 0 Å². The standard InChI is InChI=1S/C5H5N.CHCl3/c1-2-4-6-5-3-1;2-1(3)4/h1-5H;1H. The van der Waals surface area contributed by atoms with Gasteiger partial charge in [0.1, 0.15) is 0 Å². The summed E-state index contributed by atoms with van der Waals surface area (Å²) in [6.45, 7) is 0. The van der Waals surface area contributed by atoms with Gasteiger partial charge in [0.2, 0.25) is 0 Å². The molecule has 0 aliphatic rings. The number of rotatable bonds is 0. The van der Waals surface area contributed by atoms with E-state index in [0.717, 1.165) is 0 Å². The Balaban J connectivity index is 0.000000180. The van der Waals surface area contributed by atoms with Crippen LogP contribution >= 0.6 is 34.8 Å². The maximum atomic E-state index is 4.81. The second-order valence-corrected chi connectivity index (χ2v) is 3.25. The van der Waals surface area contributed by atoms with E-state index < -0.39 is 4.30 Å². The van der Waals surface area contributed by atoms with E-state index in [0.29, 0.717) is 0 Å². The molecule has 0 bridgehead atoms. The largest absolute Gasteiger partial charge is 0.265 e. The van der Waals surface area contributed by atoms with Crippen molar-refractivity contribution < 1.29 is 0 Å². The fourth-order valence-corrected chi connectivity index (χ4v) is 0.313. The Bertz CT molecular complexity index is 113. The van der Waals surface area contributed by atoms with Crippen LogP contribution in [0, 0.1) is 0 Å². The molecule has 0 atom stereocenters. The lowest BCUT2D eigenvalue weighted by molar-refractivity contribution is 1.33. The molecule has 4 heteroatoms. The van der Waals surface area contributed by atoms with Crippen LogP contribution in [-0.2, 0) is 0 Å². The van der Waals surface area contributed by atoms with Gasteiger partial charge < -0.3 is 0 Å². The van der Waals surface area contributed by atoms with Gasteiger partial charge in [-0.25, -0.2) is 0 Å². The topological polar surface area (TPSA) is 12.9 Å². The van der Waals surface area contributed by atoms with Crippen LogP contribution in [0.25, 0.3) is 0 Å². The molecule has 0 saturated carbocycles. The van der Waals surface area contributed by atoms with Crippen molar-refractivity contribution in [1.82, 2.24) is 4.98 Å². The predicted molar refractivity (Wildman–Crippen MR) is 45.6 cm³/mol. The van der Waals surface area contributed by atoms with Crippen LogP contribution < -0.4 is 0 Å². The van der Waals surface area contributed by atoms with Crippen LogP contribution in [0.3, 0.4) is 0 Å². The monoisotopic (exact) mass is 197 g/mol. The highest BCUT2D eigenvalue weighted by molar-refractivity contribution is 6.63. The zero-order chi connectivity index (χ0) is 7.82. The summed E-state index contributed by atoms with van der Waals surface area (Å²) in [5.74, 6) is 0. The van der Waals surface area contributed by atoms with E-state index in [4.69, 9.17) is 34.8 Å². The third-order valence-electron chi connectivity index (χ3n) is 0.566. The van der Waals surface area contributed by atoms with Gasteiger partial charge in [0.05, 0.1) is 0 Å². The molecule has 0 aliphatic carbocycles. The number of aromatic nitrogens is 1. The van der Waals surface area contributed by atoms with Crippen LogP contribution in [0.5, 0.6) is 0 Å². The average Bonchev–Trinajstić information content (AvgIpc) is 1.90. The number of nitrogens with zero attached hydrogens (tertiary/aromatic N) is 1. The molecule has 0 radical (unpaired) electrons. The predicted octanol–water partition coefficient (Wildman–Crippen LogP) is 3.07. The van der Waals surface area contributed by atoms with Crippen molar-refractivity contribution >= 4 is 34.8 Å². The van der Waals surface area contributed by atoms with Gasteiger partial charge in [-0.1, -0.05) is 40.9 Å². The second-order valence-electron chi connectivity index (χ2n) is 1.27. The molecule has 1 aromatic heterocycles. The maximum absolute atomic E-state index is 4.81. The van der Waals surface area contributed by atoms with Gasteiger partial charge in [-0.05, 0) is 12.1 Å². The lowest BCUT2D eigenvalue weighted by Gasteiger charge is -1.70. The van der Waals surface area contributed by atoms with E-state index >= 15 is 0 Å². The summed E-state index contributed by atoms with van der Waals surface area (Å²) in [5.41, 5.74) is 0. The molecule has 0 amide bonds. The Hall–Kier alpha value is 0.0200. The van der Waals surface area contributed by atoms with Crippen LogP contribution in [-0.4, -0.2) is 9.28 Å². The van der Waals surface area contributed by atoms with Gasteiger partial charge in [-0.2, -0.15) is 0 Å². The minimum Gasteiger partial charge on any atom is -0.265 e. The van der Waals surface area contributed by atoms with E-state index in [2.05, 4.69) is 4.98 Å². The Morgan fingerprint density at radius 1 is 0.900 bits per heavy atom. The van der Waals surface area contributed by atoms with Crippen LogP contribution in [0.4, 0.5) is 0 Å². The number of alkyl halides is 3. The third-order valence-corrected chi connectivity index (χ3v) is 0.566. The van der Waals surface area contributed by atoms with E-state index in [1.165, 1.54) is 0 Å². The van der Waals surface area contributed by atoms with Crippen molar-refractivity contribution in [3.8, 4) is 0 Å². The zero-order valence-electron chi connectivity index (χ0n) is 5.05. The first-order valence-electron chi connectivity index (χ1n) is 2.50. The highest BCUT2D eigenvalue weighted by atomic mass is 35.6. The molecule has 0 fully saturated rings. The lowest BCUT2D eigenvalue weighted by Crippen LogP contribution is -1.58. The molecule has 0 N–H and O–H groups in total. The minimum atomic E-state index is -0.750. The zero-order valence-corrected chi connectivity index (χ0v) is 7.31. The van der Waals surface area contributed by atoms with Crippen LogP contribution in [0.1, 0.15) is 0 Å².